The van der Waals surface area contributed by atoms with Crippen LogP contribution < -0.4 is 0 Å². The van der Waals surface area contributed by atoms with Crippen LogP contribution in [0.2, 0.25) is 0 Å². The molecule has 76 valence electrons. The van der Waals surface area contributed by atoms with Crippen molar-refractivity contribution in [2.75, 3.05) is 11.5 Å². The highest BCUT2D eigenvalue weighted by atomic mass is 32.2. The number of oxazole rings is 1. The fraction of sp³-hybridized carbons (Fsp3) is 0.600. The van der Waals surface area contributed by atoms with Gasteiger partial charge in [0.15, 0.2) is 5.89 Å². The molecule has 1 aromatic heterocycles. The van der Waals surface area contributed by atoms with Crippen molar-refractivity contribution < 1.29 is 9.21 Å². The van der Waals surface area contributed by atoms with Crippen LogP contribution in [0.4, 0.5) is 0 Å². The Morgan fingerprint density at radius 2 is 2.36 bits per heavy atom. The normalized spacial score (nSPS) is 18.3. The second-order valence-corrected chi connectivity index (χ2v) is 4.65. The van der Waals surface area contributed by atoms with E-state index in [-0.39, 0.29) is 0 Å². The van der Waals surface area contributed by atoms with Crippen molar-refractivity contribution in [3.63, 3.8) is 0 Å². The molecule has 1 aromatic rings. The van der Waals surface area contributed by atoms with Crippen molar-refractivity contribution >= 4 is 18.0 Å². The average Bonchev–Trinajstić information content (AvgIpc) is 2.68. The van der Waals surface area contributed by atoms with Crippen molar-refractivity contribution in [1.29, 1.82) is 0 Å². The second kappa shape index (κ2) is 4.64. The van der Waals surface area contributed by atoms with Crippen LogP contribution in [0.3, 0.4) is 0 Å². The number of carbonyl (C=O) groups is 1. The molecule has 0 radical (unpaired) electrons. The molecular weight excluding hydrogens is 198 g/mol. The quantitative estimate of drug-likeness (QED) is 0.717. The number of thioether (sulfide) groups is 1. The molecule has 0 N–H and O–H groups in total. The lowest BCUT2D eigenvalue weighted by Gasteiger charge is -2.17. The van der Waals surface area contributed by atoms with E-state index in [9.17, 15) is 4.79 Å². The molecule has 0 atom stereocenters. The van der Waals surface area contributed by atoms with Crippen molar-refractivity contribution in [2.24, 2.45) is 0 Å². The van der Waals surface area contributed by atoms with E-state index in [0.717, 1.165) is 25.0 Å². The maximum atomic E-state index is 10.3. The van der Waals surface area contributed by atoms with Crippen LogP contribution in [-0.4, -0.2) is 22.8 Å². The molecule has 0 saturated carbocycles. The lowest BCUT2D eigenvalue weighted by molar-refractivity contribution is -0.107. The molecule has 2 heterocycles. The van der Waals surface area contributed by atoms with Crippen LogP contribution >= 0.6 is 11.8 Å². The van der Waals surface area contributed by atoms with Gasteiger partial charge in [0.05, 0.1) is 12.6 Å². The molecule has 1 fully saturated rings. The van der Waals surface area contributed by atoms with Crippen molar-refractivity contribution in [3.05, 3.63) is 17.8 Å². The Bertz CT molecular complexity index is 305. The van der Waals surface area contributed by atoms with Gasteiger partial charge in [-0.25, -0.2) is 4.98 Å². The van der Waals surface area contributed by atoms with E-state index in [1.807, 2.05) is 11.8 Å². The summed E-state index contributed by atoms with van der Waals surface area (Å²) >= 11 is 1.98. The van der Waals surface area contributed by atoms with E-state index in [4.69, 9.17) is 4.42 Å². The summed E-state index contributed by atoms with van der Waals surface area (Å²) < 4.78 is 5.51. The molecule has 1 aliphatic rings. The molecule has 2 rings (SSSR count). The number of carbonyl (C=O) groups excluding carboxylic acids is 1. The minimum Gasteiger partial charge on any atom is -0.445 e. The number of aldehydes is 1. The zero-order valence-corrected chi connectivity index (χ0v) is 8.76. The summed E-state index contributed by atoms with van der Waals surface area (Å²) in [5.74, 6) is 4.36. The zero-order valence-electron chi connectivity index (χ0n) is 7.94. The van der Waals surface area contributed by atoms with Gasteiger partial charge in [-0.05, 0) is 24.3 Å². The Balaban J connectivity index is 2.03. The van der Waals surface area contributed by atoms with Gasteiger partial charge in [0, 0.05) is 5.92 Å². The predicted molar refractivity (Wildman–Crippen MR) is 55.6 cm³/mol. The maximum absolute atomic E-state index is 10.3. The van der Waals surface area contributed by atoms with E-state index in [1.54, 1.807) is 6.20 Å². The van der Waals surface area contributed by atoms with Crippen molar-refractivity contribution in [3.8, 4) is 0 Å². The topological polar surface area (TPSA) is 43.1 Å². The summed E-state index contributed by atoms with van der Waals surface area (Å²) in [4.78, 5) is 14.5. The first-order valence-corrected chi connectivity index (χ1v) is 6.01. The Labute approximate surface area is 87.3 Å². The van der Waals surface area contributed by atoms with Gasteiger partial charge in [-0.15, -0.1) is 0 Å². The summed E-state index contributed by atoms with van der Waals surface area (Å²) in [5.41, 5.74) is 0. The molecule has 1 aliphatic heterocycles. The highest BCUT2D eigenvalue weighted by Crippen LogP contribution is 2.30. The molecule has 0 amide bonds. The predicted octanol–water partition coefficient (Wildman–Crippen LogP) is 2.03. The first-order valence-electron chi connectivity index (χ1n) is 4.86. The van der Waals surface area contributed by atoms with Gasteiger partial charge in [-0.1, -0.05) is 0 Å². The number of hydrogen-bond acceptors (Lipinski definition) is 4. The van der Waals surface area contributed by atoms with E-state index in [2.05, 4.69) is 4.98 Å². The van der Waals surface area contributed by atoms with Gasteiger partial charge in [0.2, 0.25) is 0 Å². The molecule has 0 aromatic carbocycles. The van der Waals surface area contributed by atoms with Gasteiger partial charge in [-0.3, -0.25) is 0 Å². The van der Waals surface area contributed by atoms with Crippen molar-refractivity contribution in [1.82, 2.24) is 4.98 Å². The molecule has 4 heteroatoms. The molecule has 1 saturated heterocycles. The Kier molecular flexibility index (Phi) is 3.24. The summed E-state index contributed by atoms with van der Waals surface area (Å²) in [6, 6.07) is 0. The molecule has 0 unspecified atom stereocenters. The zero-order chi connectivity index (χ0) is 9.80. The molecule has 14 heavy (non-hydrogen) atoms. The average molecular weight is 211 g/mol. The standard InChI is InChI=1S/C10H13NO2S/c12-4-1-9-7-11-10(13-9)8-2-5-14-6-3-8/h4,7-8H,1-3,5-6H2. The maximum Gasteiger partial charge on any atom is 0.197 e. The van der Waals surface area contributed by atoms with Crippen molar-refractivity contribution in [2.45, 2.75) is 25.2 Å². The van der Waals surface area contributed by atoms with Crippen LogP contribution in [0.5, 0.6) is 0 Å². The number of rotatable bonds is 3. The summed E-state index contributed by atoms with van der Waals surface area (Å²) in [7, 11) is 0. The first-order chi connectivity index (χ1) is 6.90. The number of nitrogens with zero attached hydrogens (tertiary/aromatic N) is 1. The Hall–Kier alpha value is -0.770. The van der Waals surface area contributed by atoms with Gasteiger partial charge in [-0.2, -0.15) is 11.8 Å². The second-order valence-electron chi connectivity index (χ2n) is 3.42. The van der Waals surface area contributed by atoms with Crippen LogP contribution in [-0.2, 0) is 11.2 Å². The minimum atomic E-state index is 0.342. The van der Waals surface area contributed by atoms with E-state index < -0.39 is 0 Å². The SMILES string of the molecule is O=CCc1cnc(C2CCSCC2)o1. The van der Waals surface area contributed by atoms with Crippen LogP contribution in [0, 0.1) is 0 Å². The smallest absolute Gasteiger partial charge is 0.197 e. The first kappa shape index (κ1) is 9.77. The Morgan fingerprint density at radius 3 is 3.07 bits per heavy atom. The van der Waals surface area contributed by atoms with E-state index in [1.165, 1.54) is 11.5 Å². The summed E-state index contributed by atoms with van der Waals surface area (Å²) in [5, 5.41) is 0. The number of hydrogen-bond donors (Lipinski definition) is 0. The van der Waals surface area contributed by atoms with Crippen LogP contribution in [0.1, 0.15) is 30.4 Å². The lowest BCUT2D eigenvalue weighted by Crippen LogP contribution is -2.07. The third kappa shape index (κ3) is 2.18. The molecule has 3 nitrogen and oxygen atoms in total. The lowest BCUT2D eigenvalue weighted by atomic mass is 10.0. The highest BCUT2D eigenvalue weighted by molar-refractivity contribution is 7.99. The molecular formula is C10H13NO2S. The van der Waals surface area contributed by atoms with E-state index in [0.29, 0.717) is 18.1 Å². The fourth-order valence-corrected chi connectivity index (χ4v) is 2.74. The minimum absolute atomic E-state index is 0.342. The van der Waals surface area contributed by atoms with Crippen LogP contribution in [0.15, 0.2) is 10.6 Å². The third-order valence-corrected chi connectivity index (χ3v) is 3.48. The van der Waals surface area contributed by atoms with Gasteiger partial charge in [0.25, 0.3) is 0 Å². The highest BCUT2D eigenvalue weighted by Gasteiger charge is 2.20. The van der Waals surface area contributed by atoms with Crippen LogP contribution in [0.25, 0.3) is 0 Å². The van der Waals surface area contributed by atoms with Gasteiger partial charge >= 0.3 is 0 Å². The van der Waals surface area contributed by atoms with Gasteiger partial charge < -0.3 is 9.21 Å². The molecule has 0 spiro atoms. The molecule has 0 aliphatic carbocycles. The summed E-state index contributed by atoms with van der Waals surface area (Å²) in [6.45, 7) is 0. The third-order valence-electron chi connectivity index (χ3n) is 2.43. The van der Waals surface area contributed by atoms with Gasteiger partial charge in [0.1, 0.15) is 12.0 Å². The largest absolute Gasteiger partial charge is 0.445 e. The fourth-order valence-electron chi connectivity index (χ4n) is 1.63. The number of aromatic nitrogens is 1. The Morgan fingerprint density at radius 1 is 1.57 bits per heavy atom. The van der Waals surface area contributed by atoms with E-state index >= 15 is 0 Å². The summed E-state index contributed by atoms with van der Waals surface area (Å²) in [6.07, 6.45) is 5.15. The monoisotopic (exact) mass is 211 g/mol. The molecule has 0 bridgehead atoms.